The van der Waals surface area contributed by atoms with Gasteiger partial charge in [0.15, 0.2) is 0 Å². The van der Waals surface area contributed by atoms with Crippen LogP contribution in [0.15, 0.2) is 12.2 Å². The first kappa shape index (κ1) is 13.6. The molecule has 2 rings (SSSR count). The van der Waals surface area contributed by atoms with E-state index in [0.29, 0.717) is 0 Å². The summed E-state index contributed by atoms with van der Waals surface area (Å²) in [6.07, 6.45) is 11.2. The molecule has 2 aliphatic carbocycles. The van der Waals surface area contributed by atoms with Crippen LogP contribution >= 0.6 is 0 Å². The predicted molar refractivity (Wildman–Crippen MR) is 74.0 cm³/mol. The largest absolute Gasteiger partial charge is 0.356 e. The van der Waals surface area contributed by atoms with Gasteiger partial charge in [0.25, 0.3) is 0 Å². The Morgan fingerprint density at radius 1 is 1.28 bits per heavy atom. The number of nitrogens with one attached hydrogen (secondary N) is 1. The molecule has 102 valence electrons. The van der Waals surface area contributed by atoms with Gasteiger partial charge in [-0.2, -0.15) is 0 Å². The minimum atomic E-state index is 0.00591. The fraction of sp³-hybridized carbons (Fsp3) is 0.800. The SMILES string of the molecule is CC1CCC(CCNC(=O)C2C=CC(N)C2)CC1. The maximum Gasteiger partial charge on any atom is 0.226 e. The molecule has 0 aromatic heterocycles. The minimum Gasteiger partial charge on any atom is -0.356 e. The van der Waals surface area contributed by atoms with Gasteiger partial charge < -0.3 is 11.1 Å². The Hall–Kier alpha value is -0.830. The number of hydrogen-bond donors (Lipinski definition) is 2. The van der Waals surface area contributed by atoms with E-state index in [1.807, 2.05) is 12.2 Å². The lowest BCUT2D eigenvalue weighted by atomic mass is 9.81. The van der Waals surface area contributed by atoms with Gasteiger partial charge in [-0.25, -0.2) is 0 Å². The van der Waals surface area contributed by atoms with Gasteiger partial charge in [-0.15, -0.1) is 0 Å². The molecule has 0 aromatic carbocycles. The summed E-state index contributed by atoms with van der Waals surface area (Å²) in [6.45, 7) is 3.17. The second-order valence-corrected chi connectivity index (χ2v) is 6.10. The van der Waals surface area contributed by atoms with Crippen molar-refractivity contribution >= 4 is 5.91 Å². The van der Waals surface area contributed by atoms with E-state index in [0.717, 1.165) is 31.2 Å². The van der Waals surface area contributed by atoms with Crippen LogP contribution in [-0.2, 0) is 4.79 Å². The third-order valence-electron chi connectivity index (χ3n) is 4.44. The molecule has 1 fully saturated rings. The number of nitrogens with two attached hydrogens (primary N) is 1. The summed E-state index contributed by atoms with van der Waals surface area (Å²) < 4.78 is 0. The van der Waals surface area contributed by atoms with E-state index in [1.165, 1.54) is 25.7 Å². The molecular weight excluding hydrogens is 224 g/mol. The van der Waals surface area contributed by atoms with Crippen LogP contribution in [0.1, 0.15) is 45.4 Å². The second-order valence-electron chi connectivity index (χ2n) is 6.10. The molecule has 2 aliphatic rings. The Kier molecular flexibility index (Phi) is 4.81. The fourth-order valence-corrected chi connectivity index (χ4v) is 3.07. The molecule has 0 aliphatic heterocycles. The molecule has 2 atom stereocenters. The van der Waals surface area contributed by atoms with Gasteiger partial charge in [-0.3, -0.25) is 4.79 Å². The average molecular weight is 250 g/mol. The monoisotopic (exact) mass is 250 g/mol. The molecule has 1 amide bonds. The van der Waals surface area contributed by atoms with E-state index in [9.17, 15) is 4.79 Å². The average Bonchev–Trinajstić information content (AvgIpc) is 2.78. The van der Waals surface area contributed by atoms with Crippen LogP contribution < -0.4 is 11.1 Å². The van der Waals surface area contributed by atoms with Crippen molar-refractivity contribution in [2.24, 2.45) is 23.5 Å². The molecule has 0 bridgehead atoms. The van der Waals surface area contributed by atoms with Gasteiger partial charge in [0.1, 0.15) is 0 Å². The van der Waals surface area contributed by atoms with Crippen LogP contribution in [0, 0.1) is 17.8 Å². The first-order valence-electron chi connectivity index (χ1n) is 7.36. The zero-order chi connectivity index (χ0) is 13.0. The maximum atomic E-state index is 11.9. The number of carbonyl (C=O) groups excluding carboxylic acids is 1. The Morgan fingerprint density at radius 3 is 2.61 bits per heavy atom. The highest BCUT2D eigenvalue weighted by Crippen LogP contribution is 2.30. The van der Waals surface area contributed by atoms with Gasteiger partial charge >= 0.3 is 0 Å². The normalized spacial score (nSPS) is 35.7. The fourth-order valence-electron chi connectivity index (χ4n) is 3.07. The highest BCUT2D eigenvalue weighted by molar-refractivity contribution is 5.81. The zero-order valence-corrected chi connectivity index (χ0v) is 11.4. The van der Waals surface area contributed by atoms with Crippen LogP contribution in [0.2, 0.25) is 0 Å². The van der Waals surface area contributed by atoms with E-state index in [-0.39, 0.29) is 17.9 Å². The van der Waals surface area contributed by atoms with Crippen molar-refractivity contribution in [3.05, 3.63) is 12.2 Å². The van der Waals surface area contributed by atoms with Crippen molar-refractivity contribution in [1.29, 1.82) is 0 Å². The molecule has 0 saturated heterocycles. The van der Waals surface area contributed by atoms with Crippen molar-refractivity contribution in [3.8, 4) is 0 Å². The first-order valence-corrected chi connectivity index (χ1v) is 7.36. The van der Waals surface area contributed by atoms with Crippen LogP contribution in [0.4, 0.5) is 0 Å². The summed E-state index contributed by atoms with van der Waals surface area (Å²) >= 11 is 0. The van der Waals surface area contributed by atoms with Crippen molar-refractivity contribution < 1.29 is 4.79 Å². The van der Waals surface area contributed by atoms with Crippen LogP contribution in [-0.4, -0.2) is 18.5 Å². The molecule has 18 heavy (non-hydrogen) atoms. The van der Waals surface area contributed by atoms with Crippen molar-refractivity contribution in [2.45, 2.75) is 51.5 Å². The predicted octanol–water partition coefficient (Wildman–Crippen LogP) is 2.22. The third-order valence-corrected chi connectivity index (χ3v) is 4.44. The highest BCUT2D eigenvalue weighted by Gasteiger charge is 2.23. The lowest BCUT2D eigenvalue weighted by molar-refractivity contribution is -0.123. The molecule has 3 heteroatoms. The van der Waals surface area contributed by atoms with Gasteiger partial charge in [0.2, 0.25) is 5.91 Å². The minimum absolute atomic E-state index is 0.00591. The topological polar surface area (TPSA) is 55.1 Å². The van der Waals surface area contributed by atoms with Crippen LogP contribution in [0.3, 0.4) is 0 Å². The lowest BCUT2D eigenvalue weighted by Gasteiger charge is -2.26. The van der Waals surface area contributed by atoms with E-state index >= 15 is 0 Å². The number of carbonyl (C=O) groups is 1. The Balaban J connectivity index is 1.60. The maximum absolute atomic E-state index is 11.9. The summed E-state index contributed by atoms with van der Waals surface area (Å²) in [7, 11) is 0. The summed E-state index contributed by atoms with van der Waals surface area (Å²) in [4.78, 5) is 11.9. The molecule has 1 saturated carbocycles. The third kappa shape index (κ3) is 3.84. The summed E-state index contributed by atoms with van der Waals surface area (Å²) in [5.41, 5.74) is 5.75. The molecule has 3 nitrogen and oxygen atoms in total. The molecule has 0 aromatic rings. The van der Waals surface area contributed by atoms with Gasteiger partial charge in [-0.1, -0.05) is 44.8 Å². The molecular formula is C15H26N2O. The van der Waals surface area contributed by atoms with Crippen molar-refractivity contribution in [2.75, 3.05) is 6.54 Å². The quantitative estimate of drug-likeness (QED) is 0.752. The van der Waals surface area contributed by atoms with Crippen molar-refractivity contribution in [1.82, 2.24) is 5.32 Å². The Morgan fingerprint density at radius 2 is 2.00 bits per heavy atom. The van der Waals surface area contributed by atoms with E-state index in [1.54, 1.807) is 0 Å². The van der Waals surface area contributed by atoms with Gasteiger partial charge in [0, 0.05) is 12.6 Å². The number of amides is 1. The highest BCUT2D eigenvalue weighted by atomic mass is 16.1. The van der Waals surface area contributed by atoms with Gasteiger partial charge in [-0.05, 0) is 24.7 Å². The molecule has 2 unspecified atom stereocenters. The summed E-state index contributed by atoms with van der Waals surface area (Å²) in [5.74, 6) is 1.89. The molecule has 3 N–H and O–H groups in total. The van der Waals surface area contributed by atoms with Crippen molar-refractivity contribution in [3.63, 3.8) is 0 Å². The second kappa shape index (κ2) is 6.37. The van der Waals surface area contributed by atoms with Gasteiger partial charge in [0.05, 0.1) is 5.92 Å². The lowest BCUT2D eigenvalue weighted by Crippen LogP contribution is -2.32. The zero-order valence-electron chi connectivity index (χ0n) is 11.4. The van der Waals surface area contributed by atoms with E-state index in [2.05, 4.69) is 12.2 Å². The molecule has 0 spiro atoms. The number of hydrogen-bond acceptors (Lipinski definition) is 2. The summed E-state index contributed by atoms with van der Waals surface area (Å²) in [5, 5.41) is 3.06. The number of rotatable bonds is 4. The molecule has 0 radical (unpaired) electrons. The van der Waals surface area contributed by atoms with Crippen LogP contribution in [0.5, 0.6) is 0 Å². The van der Waals surface area contributed by atoms with E-state index in [4.69, 9.17) is 5.73 Å². The Labute approximate surface area is 110 Å². The van der Waals surface area contributed by atoms with E-state index < -0.39 is 0 Å². The standard InChI is InChI=1S/C15H26N2O/c1-11-2-4-12(5-3-11)8-9-17-15(18)13-6-7-14(16)10-13/h6-7,11-14H,2-5,8-10,16H2,1H3,(H,17,18). The smallest absolute Gasteiger partial charge is 0.226 e. The molecule has 0 heterocycles. The Bertz CT molecular complexity index is 306. The summed E-state index contributed by atoms with van der Waals surface area (Å²) in [6, 6.07) is 0.0700. The van der Waals surface area contributed by atoms with Crippen LogP contribution in [0.25, 0.3) is 0 Å². The first-order chi connectivity index (χ1) is 8.65.